The molecule has 0 saturated heterocycles. The molecule has 0 bridgehead atoms. The van der Waals surface area contributed by atoms with Gasteiger partial charge in [0.15, 0.2) is 0 Å². The van der Waals surface area contributed by atoms with E-state index in [4.69, 9.17) is 4.74 Å². The molecule has 5 nitrogen and oxygen atoms in total. The molecule has 0 aromatic heterocycles. The van der Waals surface area contributed by atoms with Crippen LogP contribution in [-0.4, -0.2) is 26.1 Å². The third kappa shape index (κ3) is 3.68. The van der Waals surface area contributed by atoms with Gasteiger partial charge in [-0.2, -0.15) is 0 Å². The van der Waals surface area contributed by atoms with Crippen molar-refractivity contribution >= 4 is 11.9 Å². The van der Waals surface area contributed by atoms with E-state index in [1.165, 1.54) is 32.4 Å². The summed E-state index contributed by atoms with van der Waals surface area (Å²) in [5.41, 5.74) is 0.0734. The molecule has 0 aliphatic rings. The zero-order valence-electron chi connectivity index (χ0n) is 13.1. The lowest BCUT2D eigenvalue weighted by Crippen LogP contribution is -2.25. The van der Waals surface area contributed by atoms with Gasteiger partial charge in [-0.1, -0.05) is 12.1 Å². The molecule has 1 N–H and O–H groups in total. The van der Waals surface area contributed by atoms with Crippen LogP contribution in [0.4, 0.5) is 8.78 Å². The lowest BCUT2D eigenvalue weighted by molar-refractivity contribution is 0.0597. The molecule has 0 aliphatic heterocycles. The van der Waals surface area contributed by atoms with Crippen LogP contribution in [0.3, 0.4) is 0 Å². The minimum Gasteiger partial charge on any atom is -0.496 e. The van der Waals surface area contributed by atoms with E-state index in [9.17, 15) is 18.4 Å². The molecular weight excluding hydrogens is 320 g/mol. The zero-order valence-corrected chi connectivity index (χ0v) is 13.1. The average molecular weight is 335 g/mol. The molecule has 0 saturated carbocycles. The molecule has 126 valence electrons. The van der Waals surface area contributed by atoms with Gasteiger partial charge in [0.25, 0.3) is 5.91 Å². The van der Waals surface area contributed by atoms with Gasteiger partial charge in [-0.25, -0.2) is 13.6 Å². The van der Waals surface area contributed by atoms with E-state index in [1.54, 1.807) is 6.07 Å². The Bertz CT molecular complexity index is 757. The fraction of sp³-hybridized carbons (Fsp3) is 0.176. The quantitative estimate of drug-likeness (QED) is 0.853. The van der Waals surface area contributed by atoms with Gasteiger partial charge in [0.1, 0.15) is 28.5 Å². The number of esters is 1. The number of methoxy groups -OCH3 is 2. The maximum Gasteiger partial charge on any atom is 0.341 e. The number of hydrogen-bond donors (Lipinski definition) is 1. The Labute approximate surface area is 137 Å². The van der Waals surface area contributed by atoms with Crippen LogP contribution in [0.1, 0.15) is 26.3 Å². The third-order valence-electron chi connectivity index (χ3n) is 3.31. The van der Waals surface area contributed by atoms with Gasteiger partial charge in [-0.05, 0) is 29.8 Å². The molecule has 2 rings (SSSR count). The molecule has 0 atom stereocenters. The highest BCUT2D eigenvalue weighted by Crippen LogP contribution is 2.21. The molecule has 1 amide bonds. The molecule has 0 heterocycles. The van der Waals surface area contributed by atoms with E-state index in [1.807, 2.05) is 0 Å². The van der Waals surface area contributed by atoms with Crippen LogP contribution in [-0.2, 0) is 11.3 Å². The summed E-state index contributed by atoms with van der Waals surface area (Å²) >= 11 is 0. The fourth-order valence-corrected chi connectivity index (χ4v) is 2.12. The first-order valence-electron chi connectivity index (χ1n) is 6.95. The summed E-state index contributed by atoms with van der Waals surface area (Å²) in [7, 11) is 2.64. The summed E-state index contributed by atoms with van der Waals surface area (Å²) in [5, 5.41) is 2.41. The van der Waals surface area contributed by atoms with Gasteiger partial charge >= 0.3 is 5.97 Å². The van der Waals surface area contributed by atoms with Gasteiger partial charge in [-0.15, -0.1) is 0 Å². The first-order chi connectivity index (χ1) is 11.5. The zero-order chi connectivity index (χ0) is 17.7. The monoisotopic (exact) mass is 335 g/mol. The Kier molecular flexibility index (Phi) is 5.47. The van der Waals surface area contributed by atoms with Crippen LogP contribution in [0.2, 0.25) is 0 Å². The molecular formula is C17H15F2NO4. The van der Waals surface area contributed by atoms with Crippen molar-refractivity contribution in [1.82, 2.24) is 5.32 Å². The number of rotatable bonds is 5. The standard InChI is InChI=1S/C17H15F2NO4/c1-23-14-7-6-10(8-11(14)17(22)24-2)9-20-16(21)15-12(18)4-3-5-13(15)19/h3-8H,9H2,1-2H3,(H,20,21). The van der Waals surface area contributed by atoms with Crippen molar-refractivity contribution in [3.63, 3.8) is 0 Å². The van der Waals surface area contributed by atoms with E-state index in [0.29, 0.717) is 11.3 Å². The number of carbonyl (C=O) groups is 2. The minimum atomic E-state index is -0.947. The van der Waals surface area contributed by atoms with Crippen LogP contribution in [0, 0.1) is 11.6 Å². The summed E-state index contributed by atoms with van der Waals surface area (Å²) in [6.07, 6.45) is 0. The van der Waals surface area contributed by atoms with Gasteiger partial charge in [-0.3, -0.25) is 4.79 Å². The van der Waals surface area contributed by atoms with Crippen LogP contribution in [0.15, 0.2) is 36.4 Å². The van der Waals surface area contributed by atoms with E-state index in [-0.39, 0.29) is 12.1 Å². The molecule has 0 fully saturated rings. The number of hydrogen-bond acceptors (Lipinski definition) is 4. The fourth-order valence-electron chi connectivity index (χ4n) is 2.12. The van der Waals surface area contributed by atoms with Crippen molar-refractivity contribution in [2.45, 2.75) is 6.54 Å². The Morgan fingerprint density at radius 3 is 2.33 bits per heavy atom. The van der Waals surface area contributed by atoms with Crippen LogP contribution < -0.4 is 10.1 Å². The van der Waals surface area contributed by atoms with Crippen molar-refractivity contribution in [3.05, 3.63) is 64.7 Å². The molecule has 2 aromatic carbocycles. The number of carbonyl (C=O) groups excluding carboxylic acids is 2. The second kappa shape index (κ2) is 7.54. The van der Waals surface area contributed by atoms with Crippen molar-refractivity contribution in [2.75, 3.05) is 14.2 Å². The van der Waals surface area contributed by atoms with Crippen LogP contribution >= 0.6 is 0 Å². The predicted molar refractivity (Wildman–Crippen MR) is 81.9 cm³/mol. The Balaban J connectivity index is 2.17. The summed E-state index contributed by atoms with van der Waals surface area (Å²) in [6.45, 7) is -0.0272. The van der Waals surface area contributed by atoms with Crippen molar-refractivity contribution in [1.29, 1.82) is 0 Å². The highest BCUT2D eigenvalue weighted by molar-refractivity contribution is 5.95. The number of nitrogens with one attached hydrogen (secondary N) is 1. The maximum absolute atomic E-state index is 13.6. The number of ether oxygens (including phenoxy) is 2. The van der Waals surface area contributed by atoms with Gasteiger partial charge in [0.2, 0.25) is 0 Å². The highest BCUT2D eigenvalue weighted by Gasteiger charge is 2.17. The second-order valence-corrected chi connectivity index (χ2v) is 4.81. The second-order valence-electron chi connectivity index (χ2n) is 4.81. The summed E-state index contributed by atoms with van der Waals surface area (Å²) in [6, 6.07) is 7.80. The van der Waals surface area contributed by atoms with Crippen molar-refractivity contribution in [3.8, 4) is 5.75 Å². The Hall–Kier alpha value is -2.96. The first-order valence-corrected chi connectivity index (χ1v) is 6.95. The molecule has 0 radical (unpaired) electrons. The molecule has 0 unspecified atom stereocenters. The SMILES string of the molecule is COC(=O)c1cc(CNC(=O)c2c(F)cccc2F)ccc1OC. The van der Waals surface area contributed by atoms with Crippen LogP contribution in [0.25, 0.3) is 0 Å². The van der Waals surface area contributed by atoms with E-state index >= 15 is 0 Å². The van der Waals surface area contributed by atoms with E-state index < -0.39 is 29.1 Å². The molecule has 0 spiro atoms. The largest absolute Gasteiger partial charge is 0.496 e. The number of amides is 1. The number of halogens is 2. The Morgan fingerprint density at radius 2 is 1.75 bits per heavy atom. The van der Waals surface area contributed by atoms with Crippen molar-refractivity contribution < 1.29 is 27.8 Å². The normalized spacial score (nSPS) is 10.2. The lowest BCUT2D eigenvalue weighted by atomic mass is 10.1. The molecule has 2 aromatic rings. The molecule has 7 heteroatoms. The van der Waals surface area contributed by atoms with Gasteiger partial charge in [0, 0.05) is 6.54 Å². The average Bonchev–Trinajstić information content (AvgIpc) is 2.58. The smallest absolute Gasteiger partial charge is 0.341 e. The van der Waals surface area contributed by atoms with E-state index in [2.05, 4.69) is 10.1 Å². The first kappa shape index (κ1) is 17.4. The van der Waals surface area contributed by atoms with Crippen LogP contribution in [0.5, 0.6) is 5.75 Å². The summed E-state index contributed by atoms with van der Waals surface area (Å²) in [4.78, 5) is 23.7. The number of benzene rings is 2. The summed E-state index contributed by atoms with van der Waals surface area (Å²) in [5.74, 6) is -3.06. The summed E-state index contributed by atoms with van der Waals surface area (Å²) < 4.78 is 36.8. The Morgan fingerprint density at radius 1 is 1.08 bits per heavy atom. The third-order valence-corrected chi connectivity index (χ3v) is 3.31. The highest BCUT2D eigenvalue weighted by atomic mass is 19.1. The van der Waals surface area contributed by atoms with Gasteiger partial charge in [0.05, 0.1) is 14.2 Å². The van der Waals surface area contributed by atoms with Crippen molar-refractivity contribution in [2.24, 2.45) is 0 Å². The maximum atomic E-state index is 13.6. The topological polar surface area (TPSA) is 64.6 Å². The molecule has 24 heavy (non-hydrogen) atoms. The van der Waals surface area contributed by atoms with Gasteiger partial charge < -0.3 is 14.8 Å². The molecule has 0 aliphatic carbocycles. The van der Waals surface area contributed by atoms with E-state index in [0.717, 1.165) is 12.1 Å². The lowest BCUT2D eigenvalue weighted by Gasteiger charge is -2.10. The predicted octanol–water partition coefficient (Wildman–Crippen LogP) is 2.69. The minimum absolute atomic E-state index is 0.0272.